The Labute approximate surface area is 93.2 Å². The van der Waals surface area contributed by atoms with Crippen LogP contribution in [0.2, 0.25) is 0 Å². The number of rotatable bonds is 2. The van der Waals surface area contributed by atoms with Crippen LogP contribution in [0, 0.1) is 0 Å². The van der Waals surface area contributed by atoms with E-state index in [1.54, 1.807) is 0 Å². The van der Waals surface area contributed by atoms with Crippen LogP contribution < -0.4 is 0 Å². The largest absolute Gasteiger partial charge is 0.120 e. The second-order valence-electron chi connectivity index (χ2n) is 3.99. The lowest BCUT2D eigenvalue weighted by Crippen LogP contribution is -2.06. The molecule has 0 aliphatic rings. The summed E-state index contributed by atoms with van der Waals surface area (Å²) in [4.78, 5) is 1.34. The van der Waals surface area contributed by atoms with Crippen molar-refractivity contribution in [2.24, 2.45) is 0 Å². The lowest BCUT2D eigenvalue weighted by molar-refractivity contribution is 0.803. The number of thioether (sulfide) groups is 1. The number of benzene rings is 1. The minimum atomic E-state index is 0.302. The number of alkyl halides is 1. The molecule has 1 aromatic carbocycles. The molecule has 0 aliphatic carbocycles. The third-order valence-electron chi connectivity index (χ3n) is 1.50. The molecule has 0 radical (unpaired) electrons. The predicted octanol–water partition coefficient (Wildman–Crippen LogP) is 4.47. The van der Waals surface area contributed by atoms with Gasteiger partial charge in [0.2, 0.25) is 0 Å². The Morgan fingerprint density at radius 2 is 1.69 bits per heavy atom. The minimum absolute atomic E-state index is 0.302. The molecule has 0 nitrogen and oxygen atoms in total. The summed E-state index contributed by atoms with van der Waals surface area (Å²) < 4.78 is 0.302. The molecule has 0 amide bonds. The molecular weight excluding hydrogens is 244 g/mol. The van der Waals surface area contributed by atoms with Gasteiger partial charge in [0, 0.05) is 15.0 Å². The van der Waals surface area contributed by atoms with Gasteiger partial charge in [0.1, 0.15) is 0 Å². The molecule has 72 valence electrons. The van der Waals surface area contributed by atoms with E-state index in [9.17, 15) is 0 Å². The zero-order chi connectivity index (χ0) is 9.90. The molecule has 0 saturated heterocycles. The SMILES string of the molecule is CC(C)(C)Sc1ccc(CBr)cc1. The van der Waals surface area contributed by atoms with Crippen LogP contribution in [-0.2, 0) is 5.33 Å². The number of hydrogen-bond acceptors (Lipinski definition) is 1. The van der Waals surface area contributed by atoms with Crippen molar-refractivity contribution in [3.63, 3.8) is 0 Å². The quantitative estimate of drug-likeness (QED) is 0.557. The zero-order valence-corrected chi connectivity index (χ0v) is 10.7. The van der Waals surface area contributed by atoms with Crippen molar-refractivity contribution in [1.29, 1.82) is 0 Å². The maximum absolute atomic E-state index is 3.44. The average Bonchev–Trinajstić information content (AvgIpc) is 2.03. The molecule has 0 N–H and O–H groups in total. The highest BCUT2D eigenvalue weighted by atomic mass is 79.9. The van der Waals surface area contributed by atoms with Gasteiger partial charge in [0.25, 0.3) is 0 Å². The van der Waals surface area contributed by atoms with Crippen molar-refractivity contribution in [2.75, 3.05) is 0 Å². The third-order valence-corrected chi connectivity index (χ3v) is 3.27. The van der Waals surface area contributed by atoms with Gasteiger partial charge in [-0.25, -0.2) is 0 Å². The fourth-order valence-electron chi connectivity index (χ4n) is 1.00. The first-order valence-electron chi connectivity index (χ1n) is 4.35. The molecule has 0 unspecified atom stereocenters. The van der Waals surface area contributed by atoms with E-state index in [1.807, 2.05) is 11.8 Å². The Morgan fingerprint density at radius 3 is 2.08 bits per heavy atom. The van der Waals surface area contributed by atoms with Gasteiger partial charge in [0.15, 0.2) is 0 Å². The minimum Gasteiger partial charge on any atom is -0.120 e. The van der Waals surface area contributed by atoms with Crippen molar-refractivity contribution in [3.05, 3.63) is 29.8 Å². The highest BCUT2D eigenvalue weighted by Gasteiger charge is 2.11. The Bertz CT molecular complexity index is 258. The second-order valence-corrected chi connectivity index (χ2v) is 6.45. The van der Waals surface area contributed by atoms with Crippen molar-refractivity contribution < 1.29 is 0 Å². The molecule has 13 heavy (non-hydrogen) atoms. The van der Waals surface area contributed by atoms with Gasteiger partial charge in [-0.3, -0.25) is 0 Å². The van der Waals surface area contributed by atoms with Crippen molar-refractivity contribution >= 4 is 27.7 Å². The Hall–Kier alpha value is 0.0500. The van der Waals surface area contributed by atoms with E-state index in [2.05, 4.69) is 61.0 Å². The van der Waals surface area contributed by atoms with Gasteiger partial charge >= 0.3 is 0 Å². The summed E-state index contributed by atoms with van der Waals surface area (Å²) in [6.45, 7) is 6.70. The maximum Gasteiger partial charge on any atom is 0.0283 e. The molecule has 1 rings (SSSR count). The first-order chi connectivity index (χ1) is 6.01. The molecule has 0 spiro atoms. The molecule has 0 aromatic heterocycles. The second kappa shape index (κ2) is 4.52. The Kier molecular flexibility index (Phi) is 3.87. The fourth-order valence-corrected chi connectivity index (χ4v) is 2.35. The summed E-state index contributed by atoms with van der Waals surface area (Å²) >= 11 is 5.34. The molecule has 0 saturated carbocycles. The van der Waals surface area contributed by atoms with Crippen LogP contribution in [0.4, 0.5) is 0 Å². The van der Waals surface area contributed by atoms with Gasteiger partial charge in [-0.05, 0) is 17.7 Å². The normalized spacial score (nSPS) is 11.7. The topological polar surface area (TPSA) is 0 Å². The van der Waals surface area contributed by atoms with Crippen LogP contribution >= 0.6 is 27.7 Å². The zero-order valence-electron chi connectivity index (χ0n) is 8.30. The summed E-state index contributed by atoms with van der Waals surface area (Å²) in [5.74, 6) is 0. The Morgan fingerprint density at radius 1 is 1.15 bits per heavy atom. The summed E-state index contributed by atoms with van der Waals surface area (Å²) in [5.41, 5.74) is 1.33. The van der Waals surface area contributed by atoms with Crippen LogP contribution in [0.15, 0.2) is 29.2 Å². The van der Waals surface area contributed by atoms with Crippen LogP contribution in [0.5, 0.6) is 0 Å². The first kappa shape index (κ1) is 11.1. The van der Waals surface area contributed by atoms with Crippen LogP contribution in [0.1, 0.15) is 26.3 Å². The summed E-state index contributed by atoms with van der Waals surface area (Å²) in [6.07, 6.45) is 0. The molecular formula is C11H15BrS. The number of halogens is 1. The summed E-state index contributed by atoms with van der Waals surface area (Å²) in [7, 11) is 0. The van der Waals surface area contributed by atoms with Crippen molar-refractivity contribution in [3.8, 4) is 0 Å². The first-order valence-corrected chi connectivity index (χ1v) is 6.29. The highest BCUT2D eigenvalue weighted by molar-refractivity contribution is 9.08. The van der Waals surface area contributed by atoms with Gasteiger partial charge in [-0.15, -0.1) is 11.8 Å². The lowest BCUT2D eigenvalue weighted by atomic mass is 10.2. The van der Waals surface area contributed by atoms with Crippen LogP contribution in [0.3, 0.4) is 0 Å². The van der Waals surface area contributed by atoms with Crippen molar-refractivity contribution in [1.82, 2.24) is 0 Å². The van der Waals surface area contributed by atoms with E-state index in [-0.39, 0.29) is 0 Å². The Balaban J connectivity index is 2.70. The molecule has 2 heteroatoms. The van der Waals surface area contributed by atoms with Crippen molar-refractivity contribution in [2.45, 2.75) is 35.7 Å². The van der Waals surface area contributed by atoms with E-state index in [1.165, 1.54) is 10.5 Å². The molecule has 0 aliphatic heterocycles. The van der Waals surface area contributed by atoms with E-state index >= 15 is 0 Å². The van der Waals surface area contributed by atoms with Crippen LogP contribution in [-0.4, -0.2) is 4.75 Å². The predicted molar refractivity (Wildman–Crippen MR) is 64.7 cm³/mol. The molecule has 0 atom stereocenters. The van der Waals surface area contributed by atoms with E-state index < -0.39 is 0 Å². The van der Waals surface area contributed by atoms with E-state index in [0.717, 1.165) is 5.33 Å². The van der Waals surface area contributed by atoms with E-state index in [4.69, 9.17) is 0 Å². The summed E-state index contributed by atoms with van der Waals surface area (Å²) in [6, 6.07) is 8.71. The van der Waals surface area contributed by atoms with Gasteiger partial charge in [-0.1, -0.05) is 48.8 Å². The highest BCUT2D eigenvalue weighted by Crippen LogP contribution is 2.31. The van der Waals surface area contributed by atoms with E-state index in [0.29, 0.717) is 4.75 Å². The van der Waals surface area contributed by atoms with Crippen LogP contribution in [0.25, 0.3) is 0 Å². The molecule has 0 fully saturated rings. The van der Waals surface area contributed by atoms with Gasteiger partial charge < -0.3 is 0 Å². The smallest absolute Gasteiger partial charge is 0.0283 e. The van der Waals surface area contributed by atoms with Gasteiger partial charge in [0.05, 0.1) is 0 Å². The standard InChI is InChI=1S/C11H15BrS/c1-11(2,3)13-10-6-4-9(8-12)5-7-10/h4-7H,8H2,1-3H3. The molecule has 0 heterocycles. The average molecular weight is 259 g/mol. The number of hydrogen-bond donors (Lipinski definition) is 0. The lowest BCUT2D eigenvalue weighted by Gasteiger charge is -2.17. The molecule has 1 aromatic rings. The molecule has 0 bridgehead atoms. The maximum atomic E-state index is 3.44. The third kappa shape index (κ3) is 4.19. The van der Waals surface area contributed by atoms with Gasteiger partial charge in [-0.2, -0.15) is 0 Å². The summed E-state index contributed by atoms with van der Waals surface area (Å²) in [5, 5.41) is 0.938. The fraction of sp³-hybridized carbons (Fsp3) is 0.455. The monoisotopic (exact) mass is 258 g/mol.